The third-order valence-electron chi connectivity index (χ3n) is 8.67. The monoisotopic (exact) mass is 558 g/mol. The van der Waals surface area contributed by atoms with E-state index in [1.807, 2.05) is 24.4 Å². The first-order valence-corrected chi connectivity index (χ1v) is 14.7. The van der Waals surface area contributed by atoms with Crippen molar-refractivity contribution in [2.24, 2.45) is 0 Å². The van der Waals surface area contributed by atoms with Gasteiger partial charge in [0.15, 0.2) is 0 Å². The molecule has 2 aliphatic heterocycles. The summed E-state index contributed by atoms with van der Waals surface area (Å²) in [6.07, 6.45) is 9.09. The number of ether oxygens (including phenoxy) is 1. The maximum Gasteiger partial charge on any atom is 0.227 e. The molecule has 0 amide bonds. The molecule has 1 saturated carbocycles. The van der Waals surface area contributed by atoms with Gasteiger partial charge >= 0.3 is 0 Å². The van der Waals surface area contributed by atoms with Crippen LogP contribution in [0.2, 0.25) is 5.02 Å². The summed E-state index contributed by atoms with van der Waals surface area (Å²) in [4.78, 5) is 17.7. The van der Waals surface area contributed by atoms with Crippen molar-refractivity contribution in [1.82, 2.24) is 19.9 Å². The van der Waals surface area contributed by atoms with Crippen molar-refractivity contribution in [3.05, 3.63) is 59.4 Å². The average Bonchev–Trinajstić information content (AvgIpc) is 3.62. The Bertz CT molecular complexity index is 1530. The van der Waals surface area contributed by atoms with Gasteiger partial charge in [-0.3, -0.25) is 4.90 Å². The van der Waals surface area contributed by atoms with Crippen LogP contribution in [0.4, 0.5) is 17.3 Å². The first-order valence-electron chi connectivity index (χ1n) is 14.3. The van der Waals surface area contributed by atoms with Crippen molar-refractivity contribution in [2.45, 2.75) is 50.2 Å². The minimum Gasteiger partial charge on any atom is -0.497 e. The Morgan fingerprint density at radius 3 is 2.65 bits per heavy atom. The molecule has 40 heavy (non-hydrogen) atoms. The highest BCUT2D eigenvalue weighted by Crippen LogP contribution is 2.43. The quantitative estimate of drug-likeness (QED) is 0.258. The summed E-state index contributed by atoms with van der Waals surface area (Å²) in [6.45, 7) is 3.90. The van der Waals surface area contributed by atoms with Gasteiger partial charge in [-0.25, -0.2) is 9.97 Å². The average molecular weight is 559 g/mol. The lowest BCUT2D eigenvalue weighted by Crippen LogP contribution is -2.44. The van der Waals surface area contributed by atoms with Gasteiger partial charge in [0.1, 0.15) is 5.75 Å². The molecule has 2 saturated heterocycles. The van der Waals surface area contributed by atoms with E-state index >= 15 is 0 Å². The lowest BCUT2D eigenvalue weighted by molar-refractivity contribution is 0.148. The Labute approximate surface area is 239 Å². The molecule has 208 valence electrons. The minimum atomic E-state index is -0.156. The number of piperidine rings is 1. The van der Waals surface area contributed by atoms with Crippen LogP contribution in [0.3, 0.4) is 0 Å². The number of aromatic amines is 1. The number of aromatic nitrogens is 3. The van der Waals surface area contributed by atoms with Crippen molar-refractivity contribution < 1.29 is 9.84 Å². The highest BCUT2D eigenvalue weighted by molar-refractivity contribution is 6.33. The molecule has 2 aromatic carbocycles. The van der Waals surface area contributed by atoms with E-state index in [9.17, 15) is 5.11 Å². The van der Waals surface area contributed by atoms with Gasteiger partial charge in [0, 0.05) is 72.3 Å². The molecule has 1 atom stereocenters. The number of aliphatic hydroxyl groups excluding tert-OH is 1. The lowest BCUT2D eigenvalue weighted by Gasteiger charge is -2.38. The van der Waals surface area contributed by atoms with Crippen LogP contribution >= 0.6 is 11.6 Å². The van der Waals surface area contributed by atoms with Crippen LogP contribution in [0, 0.1) is 0 Å². The molecule has 4 heterocycles. The number of halogens is 1. The number of hydrogen-bond donors (Lipinski definition) is 3. The standard InChI is InChI=1S/C31H35ClN6O2/c1-40-25-4-5-26-27(16-33-29(26)15-25)30-28(32)17-34-31(36-30)35-21-12-20(19-2-3-19)13-23(14-21)37-9-6-22(7-10-37)38-11-8-24(39)18-38/h4-5,12-17,19,22,24,33,39H,2-3,6-11,18H2,1H3,(H,34,35,36). The number of H-pyrrole nitrogens is 1. The molecule has 1 aliphatic carbocycles. The topological polar surface area (TPSA) is 89.5 Å². The fraction of sp³-hybridized carbons (Fsp3) is 0.419. The van der Waals surface area contributed by atoms with E-state index in [0.29, 0.717) is 28.6 Å². The highest BCUT2D eigenvalue weighted by Gasteiger charge is 2.31. The summed E-state index contributed by atoms with van der Waals surface area (Å²) in [7, 11) is 1.66. The van der Waals surface area contributed by atoms with Gasteiger partial charge in [-0.2, -0.15) is 0 Å². The van der Waals surface area contributed by atoms with Crippen LogP contribution < -0.4 is 15.0 Å². The minimum absolute atomic E-state index is 0.156. The molecule has 1 unspecified atom stereocenters. The summed E-state index contributed by atoms with van der Waals surface area (Å²) < 4.78 is 5.37. The van der Waals surface area contributed by atoms with Crippen molar-refractivity contribution in [3.63, 3.8) is 0 Å². The molecule has 4 aromatic rings. The van der Waals surface area contributed by atoms with E-state index in [2.05, 4.69) is 43.3 Å². The maximum atomic E-state index is 9.97. The number of fused-ring (bicyclic) bond motifs is 1. The van der Waals surface area contributed by atoms with Crippen LogP contribution in [0.1, 0.15) is 43.6 Å². The van der Waals surface area contributed by atoms with E-state index in [0.717, 1.165) is 73.3 Å². The van der Waals surface area contributed by atoms with Gasteiger partial charge in [-0.15, -0.1) is 0 Å². The number of hydrogen-bond acceptors (Lipinski definition) is 7. The molecule has 0 bridgehead atoms. The third kappa shape index (κ3) is 5.11. The van der Waals surface area contributed by atoms with Gasteiger partial charge in [0.05, 0.1) is 30.1 Å². The number of anilines is 3. The van der Waals surface area contributed by atoms with E-state index in [4.69, 9.17) is 21.3 Å². The molecular formula is C31H35ClN6O2. The molecule has 0 radical (unpaired) electrons. The Hall–Kier alpha value is -3.33. The maximum absolute atomic E-state index is 9.97. The van der Waals surface area contributed by atoms with E-state index < -0.39 is 0 Å². The summed E-state index contributed by atoms with van der Waals surface area (Å²) in [5.74, 6) is 1.95. The molecule has 7 rings (SSSR count). The second-order valence-corrected chi connectivity index (χ2v) is 11.8. The predicted octanol–water partition coefficient (Wildman–Crippen LogP) is 5.94. The normalized spacial score (nSPS) is 20.4. The highest BCUT2D eigenvalue weighted by atomic mass is 35.5. The smallest absolute Gasteiger partial charge is 0.227 e. The van der Waals surface area contributed by atoms with Crippen LogP contribution in [0.5, 0.6) is 5.75 Å². The SMILES string of the molecule is COc1ccc2c(-c3nc(Nc4cc(C5CC5)cc(N5CCC(N6CCC(O)C6)CC5)c4)ncc3Cl)c[nH]c2c1. The molecule has 0 spiro atoms. The Kier molecular flexibility index (Phi) is 6.78. The van der Waals surface area contributed by atoms with Crippen molar-refractivity contribution in [3.8, 4) is 17.0 Å². The van der Waals surface area contributed by atoms with E-state index in [1.165, 1.54) is 24.1 Å². The predicted molar refractivity (Wildman–Crippen MR) is 160 cm³/mol. The number of likely N-dealkylation sites (tertiary alicyclic amines) is 1. The number of aliphatic hydroxyl groups is 1. The number of benzene rings is 2. The summed E-state index contributed by atoms with van der Waals surface area (Å²) in [5.41, 5.74) is 6.21. The van der Waals surface area contributed by atoms with Gasteiger partial charge in [0.2, 0.25) is 5.95 Å². The second kappa shape index (κ2) is 10.6. The first kappa shape index (κ1) is 25.6. The number of rotatable bonds is 7. The Morgan fingerprint density at radius 1 is 1.05 bits per heavy atom. The van der Waals surface area contributed by atoms with Crippen LogP contribution in [0.25, 0.3) is 22.2 Å². The number of β-amino-alcohol motifs (C(OH)–C–C–N with tert-alkyl or cyclic N) is 1. The fourth-order valence-corrected chi connectivity index (χ4v) is 6.50. The molecule has 2 aromatic heterocycles. The van der Waals surface area contributed by atoms with Gasteiger partial charge < -0.3 is 25.0 Å². The zero-order chi connectivity index (χ0) is 27.2. The van der Waals surface area contributed by atoms with E-state index in [-0.39, 0.29) is 6.10 Å². The Morgan fingerprint density at radius 2 is 1.90 bits per heavy atom. The van der Waals surface area contributed by atoms with Gasteiger partial charge in [-0.05, 0) is 73.9 Å². The molecule has 3 aliphatic rings. The van der Waals surface area contributed by atoms with Gasteiger partial charge in [-0.1, -0.05) is 11.6 Å². The number of nitrogens with one attached hydrogen (secondary N) is 2. The summed E-state index contributed by atoms with van der Waals surface area (Å²) >= 11 is 6.60. The van der Waals surface area contributed by atoms with E-state index in [1.54, 1.807) is 13.3 Å². The number of methoxy groups -OCH3 is 1. The summed E-state index contributed by atoms with van der Waals surface area (Å²) in [5, 5.41) is 15.0. The van der Waals surface area contributed by atoms with Gasteiger partial charge in [0.25, 0.3) is 0 Å². The molecular weight excluding hydrogens is 524 g/mol. The Balaban J connectivity index is 1.13. The molecule has 9 heteroatoms. The summed E-state index contributed by atoms with van der Waals surface area (Å²) in [6, 6.07) is 13.3. The zero-order valence-corrected chi connectivity index (χ0v) is 23.5. The second-order valence-electron chi connectivity index (χ2n) is 11.4. The molecule has 8 nitrogen and oxygen atoms in total. The van der Waals surface area contributed by atoms with Crippen molar-refractivity contribution in [2.75, 3.05) is 43.5 Å². The first-order chi connectivity index (χ1) is 19.5. The fourth-order valence-electron chi connectivity index (χ4n) is 6.30. The molecule has 3 fully saturated rings. The van der Waals surface area contributed by atoms with Crippen LogP contribution in [-0.2, 0) is 0 Å². The lowest BCUT2D eigenvalue weighted by atomic mass is 10.0. The number of nitrogens with zero attached hydrogens (tertiary/aromatic N) is 4. The third-order valence-corrected chi connectivity index (χ3v) is 8.95. The molecule has 3 N–H and O–H groups in total. The van der Waals surface area contributed by atoms with Crippen molar-refractivity contribution in [1.29, 1.82) is 0 Å². The largest absolute Gasteiger partial charge is 0.497 e. The van der Waals surface area contributed by atoms with Crippen LogP contribution in [-0.4, -0.2) is 70.4 Å². The van der Waals surface area contributed by atoms with Crippen LogP contribution in [0.15, 0.2) is 48.8 Å². The zero-order valence-electron chi connectivity index (χ0n) is 22.7. The van der Waals surface area contributed by atoms with Crippen molar-refractivity contribution >= 4 is 39.8 Å².